The molecule has 1 heterocycles. The molecule has 1 N–H and O–H groups in total. The summed E-state index contributed by atoms with van der Waals surface area (Å²) in [6, 6.07) is 18.2. The van der Waals surface area contributed by atoms with Gasteiger partial charge in [-0.05, 0) is 30.2 Å². The number of ether oxygens (including phenoxy) is 1. The fraction of sp³-hybridized carbons (Fsp3) is 0.409. The van der Waals surface area contributed by atoms with Gasteiger partial charge in [0.05, 0.1) is 13.2 Å². The normalized spacial score (nSPS) is 16.1. The molecule has 0 aliphatic carbocycles. The van der Waals surface area contributed by atoms with Gasteiger partial charge < -0.3 is 15.0 Å². The van der Waals surface area contributed by atoms with Crippen LogP contribution in [-0.2, 0) is 17.9 Å². The van der Waals surface area contributed by atoms with Gasteiger partial charge in [0.1, 0.15) is 5.75 Å². The molecule has 1 aliphatic rings. The van der Waals surface area contributed by atoms with Crippen LogP contribution in [0.1, 0.15) is 18.1 Å². The molecule has 0 radical (unpaired) electrons. The highest BCUT2D eigenvalue weighted by atomic mass is 16.5. The van der Waals surface area contributed by atoms with Crippen LogP contribution in [0.2, 0.25) is 0 Å². The van der Waals surface area contributed by atoms with E-state index in [1.54, 1.807) is 7.11 Å². The van der Waals surface area contributed by atoms with E-state index in [9.17, 15) is 4.79 Å². The van der Waals surface area contributed by atoms with Gasteiger partial charge in [0.15, 0.2) is 0 Å². The van der Waals surface area contributed by atoms with Gasteiger partial charge in [-0.1, -0.05) is 42.5 Å². The number of nitrogens with one attached hydrogen (secondary N) is 1. The zero-order chi connectivity index (χ0) is 19.1. The molecule has 2 aromatic carbocycles. The molecule has 0 unspecified atom stereocenters. The average Bonchev–Trinajstić information content (AvgIpc) is 2.73. The van der Waals surface area contributed by atoms with Crippen molar-refractivity contribution in [3.8, 4) is 5.75 Å². The van der Waals surface area contributed by atoms with E-state index in [0.717, 1.165) is 44.0 Å². The summed E-state index contributed by atoms with van der Waals surface area (Å²) in [4.78, 5) is 17.1. The van der Waals surface area contributed by atoms with E-state index in [4.69, 9.17) is 4.74 Å². The molecule has 5 nitrogen and oxygen atoms in total. The second-order valence-corrected chi connectivity index (χ2v) is 7.04. The van der Waals surface area contributed by atoms with Crippen LogP contribution in [0.5, 0.6) is 5.75 Å². The van der Waals surface area contributed by atoms with Crippen LogP contribution in [-0.4, -0.2) is 55.0 Å². The summed E-state index contributed by atoms with van der Waals surface area (Å²) in [5, 5.41) is 3.34. The first-order valence-corrected chi connectivity index (χ1v) is 9.57. The van der Waals surface area contributed by atoms with Crippen molar-refractivity contribution < 1.29 is 9.53 Å². The number of piperazine rings is 1. The summed E-state index contributed by atoms with van der Waals surface area (Å²) in [5.74, 6) is 1.03. The van der Waals surface area contributed by atoms with Gasteiger partial charge in [0, 0.05) is 39.3 Å². The van der Waals surface area contributed by atoms with Crippen LogP contribution in [0.4, 0.5) is 0 Å². The van der Waals surface area contributed by atoms with Crippen molar-refractivity contribution in [2.24, 2.45) is 0 Å². The Bertz CT molecular complexity index is 710. The van der Waals surface area contributed by atoms with Crippen LogP contribution >= 0.6 is 0 Å². The van der Waals surface area contributed by atoms with Crippen molar-refractivity contribution in [2.75, 3.05) is 33.3 Å². The van der Waals surface area contributed by atoms with E-state index in [1.807, 2.05) is 42.2 Å². The fourth-order valence-electron chi connectivity index (χ4n) is 3.34. The summed E-state index contributed by atoms with van der Waals surface area (Å²) < 4.78 is 5.17. The van der Waals surface area contributed by atoms with E-state index < -0.39 is 0 Å². The lowest BCUT2D eigenvalue weighted by atomic mass is 10.1. The minimum atomic E-state index is -0.187. The number of rotatable bonds is 7. The predicted octanol–water partition coefficient (Wildman–Crippen LogP) is 2.52. The standard InChI is InChI=1S/C22H29N3O2/c1-18(23-16-19-8-10-21(27-2)11-9-19)22(26)25-14-12-24(13-15-25)17-20-6-4-3-5-7-20/h3-11,18,23H,12-17H2,1-2H3/t18-/m0/s1. The first-order chi connectivity index (χ1) is 13.2. The Kier molecular flexibility index (Phi) is 6.85. The van der Waals surface area contributed by atoms with Crippen molar-refractivity contribution in [1.82, 2.24) is 15.1 Å². The lowest BCUT2D eigenvalue weighted by Gasteiger charge is -2.36. The number of carbonyl (C=O) groups excluding carboxylic acids is 1. The number of carbonyl (C=O) groups is 1. The van der Waals surface area contributed by atoms with E-state index in [1.165, 1.54) is 5.56 Å². The SMILES string of the molecule is COc1ccc(CN[C@@H](C)C(=O)N2CCN(Cc3ccccc3)CC2)cc1. The van der Waals surface area contributed by atoms with Crippen LogP contribution in [0.25, 0.3) is 0 Å². The van der Waals surface area contributed by atoms with Gasteiger partial charge in [-0.2, -0.15) is 0 Å². The molecule has 5 heteroatoms. The number of amides is 1. The number of nitrogens with zero attached hydrogens (tertiary/aromatic N) is 2. The number of hydrogen-bond donors (Lipinski definition) is 1. The fourth-order valence-corrected chi connectivity index (χ4v) is 3.34. The average molecular weight is 367 g/mol. The maximum Gasteiger partial charge on any atom is 0.239 e. The van der Waals surface area contributed by atoms with Crippen LogP contribution < -0.4 is 10.1 Å². The van der Waals surface area contributed by atoms with Crippen molar-refractivity contribution in [2.45, 2.75) is 26.1 Å². The Morgan fingerprint density at radius 2 is 1.67 bits per heavy atom. The topological polar surface area (TPSA) is 44.8 Å². The lowest BCUT2D eigenvalue weighted by molar-refractivity contribution is -0.134. The highest BCUT2D eigenvalue weighted by molar-refractivity contribution is 5.81. The summed E-state index contributed by atoms with van der Waals surface area (Å²) in [5.41, 5.74) is 2.47. The molecule has 1 fully saturated rings. The third-order valence-electron chi connectivity index (χ3n) is 5.07. The maximum atomic E-state index is 12.7. The lowest BCUT2D eigenvalue weighted by Crippen LogP contribution is -2.53. The van der Waals surface area contributed by atoms with Crippen LogP contribution in [0.15, 0.2) is 54.6 Å². The molecule has 1 amide bonds. The third kappa shape index (κ3) is 5.55. The largest absolute Gasteiger partial charge is 0.497 e. The van der Waals surface area contributed by atoms with Gasteiger partial charge in [-0.3, -0.25) is 9.69 Å². The highest BCUT2D eigenvalue weighted by Crippen LogP contribution is 2.12. The molecule has 0 saturated carbocycles. The number of benzene rings is 2. The summed E-state index contributed by atoms with van der Waals surface area (Å²) >= 11 is 0. The summed E-state index contributed by atoms with van der Waals surface area (Å²) in [6.45, 7) is 7.00. The Morgan fingerprint density at radius 3 is 2.30 bits per heavy atom. The molecular formula is C22H29N3O2. The van der Waals surface area contributed by atoms with E-state index in [2.05, 4.69) is 34.5 Å². The zero-order valence-electron chi connectivity index (χ0n) is 16.2. The predicted molar refractivity (Wildman–Crippen MR) is 108 cm³/mol. The van der Waals surface area contributed by atoms with Gasteiger partial charge in [-0.15, -0.1) is 0 Å². The summed E-state index contributed by atoms with van der Waals surface area (Å²) in [7, 11) is 1.66. The van der Waals surface area contributed by atoms with Gasteiger partial charge in [0.25, 0.3) is 0 Å². The van der Waals surface area contributed by atoms with Crippen LogP contribution in [0.3, 0.4) is 0 Å². The molecule has 0 bridgehead atoms. The van der Waals surface area contributed by atoms with Crippen molar-refractivity contribution >= 4 is 5.91 Å². The molecule has 0 aromatic heterocycles. The minimum Gasteiger partial charge on any atom is -0.497 e. The first-order valence-electron chi connectivity index (χ1n) is 9.57. The highest BCUT2D eigenvalue weighted by Gasteiger charge is 2.24. The van der Waals surface area contributed by atoms with Gasteiger partial charge >= 0.3 is 0 Å². The van der Waals surface area contributed by atoms with E-state index >= 15 is 0 Å². The molecule has 1 aliphatic heterocycles. The quantitative estimate of drug-likeness (QED) is 0.817. The van der Waals surface area contributed by atoms with Gasteiger partial charge in [0.2, 0.25) is 5.91 Å². The zero-order valence-corrected chi connectivity index (χ0v) is 16.2. The van der Waals surface area contributed by atoms with E-state index in [0.29, 0.717) is 6.54 Å². The molecule has 3 rings (SSSR count). The van der Waals surface area contributed by atoms with Crippen molar-refractivity contribution in [3.05, 3.63) is 65.7 Å². The molecule has 1 atom stereocenters. The molecule has 2 aromatic rings. The number of methoxy groups -OCH3 is 1. The second-order valence-electron chi connectivity index (χ2n) is 7.04. The second kappa shape index (κ2) is 9.53. The monoisotopic (exact) mass is 367 g/mol. The molecular weight excluding hydrogens is 338 g/mol. The van der Waals surface area contributed by atoms with Crippen molar-refractivity contribution in [1.29, 1.82) is 0 Å². The Hall–Kier alpha value is -2.37. The van der Waals surface area contributed by atoms with E-state index in [-0.39, 0.29) is 11.9 Å². The Labute approximate surface area is 161 Å². The number of hydrogen-bond acceptors (Lipinski definition) is 4. The minimum absolute atomic E-state index is 0.183. The molecule has 27 heavy (non-hydrogen) atoms. The van der Waals surface area contributed by atoms with Crippen LogP contribution in [0, 0.1) is 0 Å². The molecule has 144 valence electrons. The third-order valence-corrected chi connectivity index (χ3v) is 5.07. The smallest absolute Gasteiger partial charge is 0.239 e. The Morgan fingerprint density at radius 1 is 1.00 bits per heavy atom. The Balaban J connectivity index is 1.42. The van der Waals surface area contributed by atoms with Crippen molar-refractivity contribution in [3.63, 3.8) is 0 Å². The first kappa shape index (κ1) is 19.4. The summed E-state index contributed by atoms with van der Waals surface area (Å²) in [6.07, 6.45) is 0. The molecule has 0 spiro atoms. The van der Waals surface area contributed by atoms with Gasteiger partial charge in [-0.25, -0.2) is 0 Å². The maximum absolute atomic E-state index is 12.7. The molecule has 1 saturated heterocycles.